The fourth-order valence-electron chi connectivity index (χ4n) is 3.79. The van der Waals surface area contributed by atoms with Crippen LogP contribution in [-0.4, -0.2) is 35.9 Å². The van der Waals surface area contributed by atoms with E-state index in [-0.39, 0.29) is 30.1 Å². The van der Waals surface area contributed by atoms with Gasteiger partial charge in [-0.05, 0) is 51.4 Å². The van der Waals surface area contributed by atoms with Crippen molar-refractivity contribution in [3.05, 3.63) is 0 Å². The fourth-order valence-corrected chi connectivity index (χ4v) is 3.79. The molecular formula is C15H24O5. The summed E-state index contributed by atoms with van der Waals surface area (Å²) >= 11 is 0. The van der Waals surface area contributed by atoms with Crippen molar-refractivity contribution in [1.29, 1.82) is 0 Å². The summed E-state index contributed by atoms with van der Waals surface area (Å²) < 4.78 is 10.6. The summed E-state index contributed by atoms with van der Waals surface area (Å²) in [6, 6.07) is 0. The van der Waals surface area contributed by atoms with Crippen molar-refractivity contribution >= 4 is 11.9 Å². The van der Waals surface area contributed by atoms with Crippen molar-refractivity contribution in [2.75, 3.05) is 6.61 Å². The van der Waals surface area contributed by atoms with Gasteiger partial charge in [-0.25, -0.2) is 0 Å². The maximum atomic E-state index is 12.4. The van der Waals surface area contributed by atoms with Crippen LogP contribution in [0.15, 0.2) is 0 Å². The minimum absolute atomic E-state index is 0.0448. The van der Waals surface area contributed by atoms with Gasteiger partial charge < -0.3 is 14.6 Å². The van der Waals surface area contributed by atoms with Crippen molar-refractivity contribution in [2.24, 2.45) is 11.3 Å². The highest BCUT2D eigenvalue weighted by Gasteiger charge is 2.53. The molecule has 0 aromatic carbocycles. The number of carbonyl (C=O) groups is 2. The average molecular weight is 284 g/mol. The molecule has 1 N–H and O–H groups in total. The van der Waals surface area contributed by atoms with E-state index in [1.807, 2.05) is 6.92 Å². The first-order valence-corrected chi connectivity index (χ1v) is 7.50. The second-order valence-corrected chi connectivity index (χ2v) is 6.01. The lowest BCUT2D eigenvalue weighted by atomic mass is 9.58. The lowest BCUT2D eigenvalue weighted by molar-refractivity contribution is -0.173. The lowest BCUT2D eigenvalue weighted by Crippen LogP contribution is -2.50. The van der Waals surface area contributed by atoms with Crippen molar-refractivity contribution in [1.82, 2.24) is 0 Å². The molecule has 2 fully saturated rings. The van der Waals surface area contributed by atoms with Gasteiger partial charge in [-0.15, -0.1) is 0 Å². The molecule has 0 heterocycles. The molecule has 0 saturated heterocycles. The first-order chi connectivity index (χ1) is 9.48. The molecule has 20 heavy (non-hydrogen) atoms. The molecule has 0 radical (unpaired) electrons. The van der Waals surface area contributed by atoms with Crippen LogP contribution in [0.3, 0.4) is 0 Å². The summed E-state index contributed by atoms with van der Waals surface area (Å²) in [6.45, 7) is 3.60. The number of hydrogen-bond donors (Lipinski definition) is 1. The molecule has 0 spiro atoms. The topological polar surface area (TPSA) is 72.8 Å². The van der Waals surface area contributed by atoms with E-state index in [0.717, 1.165) is 0 Å². The SMILES string of the molecule is CCOC(=O)[C@@]12CC[C@@H](O)C[C@H]1C[C@@H](OC(C)=O)CC2. The van der Waals surface area contributed by atoms with Gasteiger partial charge in [-0.3, -0.25) is 9.59 Å². The van der Waals surface area contributed by atoms with Crippen LogP contribution in [0.4, 0.5) is 0 Å². The monoisotopic (exact) mass is 284 g/mol. The van der Waals surface area contributed by atoms with Crippen molar-refractivity contribution in [3.8, 4) is 0 Å². The van der Waals surface area contributed by atoms with E-state index in [9.17, 15) is 14.7 Å². The third-order valence-electron chi connectivity index (χ3n) is 4.74. The predicted molar refractivity (Wildman–Crippen MR) is 71.8 cm³/mol. The Kier molecular flexibility index (Phi) is 4.68. The Morgan fingerprint density at radius 2 is 1.95 bits per heavy atom. The molecule has 0 aromatic heterocycles. The van der Waals surface area contributed by atoms with Crippen LogP contribution >= 0.6 is 0 Å². The molecule has 114 valence electrons. The van der Waals surface area contributed by atoms with E-state index in [1.54, 1.807) is 0 Å². The lowest BCUT2D eigenvalue weighted by Gasteiger charge is -2.48. The molecule has 2 saturated carbocycles. The van der Waals surface area contributed by atoms with Crippen molar-refractivity contribution < 1.29 is 24.2 Å². The highest BCUT2D eigenvalue weighted by Crippen LogP contribution is 2.51. The van der Waals surface area contributed by atoms with Crippen LogP contribution in [0.5, 0.6) is 0 Å². The standard InChI is InChI=1S/C15H24O5/c1-3-19-14(18)15-6-4-12(17)8-11(15)9-13(5-7-15)20-10(2)16/h11-13,17H,3-9H2,1-2H3/t11-,12+,13-,15+/m0/s1. The highest BCUT2D eigenvalue weighted by atomic mass is 16.5. The Balaban J connectivity index is 2.13. The number of aliphatic hydroxyl groups excluding tert-OH is 1. The van der Waals surface area contributed by atoms with E-state index in [0.29, 0.717) is 45.1 Å². The van der Waals surface area contributed by atoms with Gasteiger partial charge in [0.15, 0.2) is 0 Å². The van der Waals surface area contributed by atoms with Gasteiger partial charge in [-0.2, -0.15) is 0 Å². The summed E-state index contributed by atoms with van der Waals surface area (Å²) in [7, 11) is 0. The van der Waals surface area contributed by atoms with Gasteiger partial charge >= 0.3 is 11.9 Å². The molecule has 0 aromatic rings. The Morgan fingerprint density at radius 3 is 2.60 bits per heavy atom. The van der Waals surface area contributed by atoms with Crippen LogP contribution in [0.25, 0.3) is 0 Å². The maximum Gasteiger partial charge on any atom is 0.312 e. The summed E-state index contributed by atoms with van der Waals surface area (Å²) in [4.78, 5) is 23.5. The molecule has 5 heteroatoms. The van der Waals surface area contributed by atoms with Gasteiger partial charge in [0.05, 0.1) is 18.1 Å². The predicted octanol–water partition coefficient (Wildman–Crippen LogP) is 1.81. The minimum atomic E-state index is -0.480. The Labute approximate surface area is 119 Å². The van der Waals surface area contributed by atoms with Crippen LogP contribution in [0, 0.1) is 11.3 Å². The van der Waals surface area contributed by atoms with Gasteiger partial charge in [0.2, 0.25) is 0 Å². The smallest absolute Gasteiger partial charge is 0.312 e. The molecule has 0 aliphatic heterocycles. The molecule has 2 aliphatic carbocycles. The van der Waals surface area contributed by atoms with Crippen molar-refractivity contribution in [2.45, 2.75) is 64.6 Å². The molecule has 2 aliphatic rings. The van der Waals surface area contributed by atoms with Crippen LogP contribution in [-0.2, 0) is 19.1 Å². The number of fused-ring (bicyclic) bond motifs is 1. The second kappa shape index (κ2) is 6.12. The van der Waals surface area contributed by atoms with E-state index >= 15 is 0 Å². The zero-order valence-electron chi connectivity index (χ0n) is 12.3. The molecule has 5 nitrogen and oxygen atoms in total. The highest BCUT2D eigenvalue weighted by molar-refractivity contribution is 5.77. The molecule has 4 atom stereocenters. The second-order valence-electron chi connectivity index (χ2n) is 6.01. The zero-order valence-corrected chi connectivity index (χ0v) is 12.3. The molecular weight excluding hydrogens is 260 g/mol. The van der Waals surface area contributed by atoms with Gasteiger partial charge in [0, 0.05) is 6.92 Å². The molecule has 0 amide bonds. The van der Waals surface area contributed by atoms with Gasteiger partial charge in [-0.1, -0.05) is 0 Å². The number of aliphatic hydroxyl groups is 1. The van der Waals surface area contributed by atoms with Crippen LogP contribution in [0.2, 0.25) is 0 Å². The summed E-state index contributed by atoms with van der Waals surface area (Å²) in [5.41, 5.74) is -0.480. The first kappa shape index (κ1) is 15.3. The fraction of sp³-hybridized carbons (Fsp3) is 0.867. The van der Waals surface area contributed by atoms with Crippen LogP contribution < -0.4 is 0 Å². The van der Waals surface area contributed by atoms with E-state index < -0.39 is 5.41 Å². The normalized spacial score (nSPS) is 36.9. The minimum Gasteiger partial charge on any atom is -0.466 e. The first-order valence-electron chi connectivity index (χ1n) is 7.50. The molecule has 2 rings (SSSR count). The Morgan fingerprint density at radius 1 is 1.25 bits per heavy atom. The number of ether oxygens (including phenoxy) is 2. The summed E-state index contributed by atoms with van der Waals surface area (Å²) in [5.74, 6) is -0.378. The molecule has 0 unspecified atom stereocenters. The van der Waals surface area contributed by atoms with E-state index in [4.69, 9.17) is 9.47 Å². The average Bonchev–Trinajstić information content (AvgIpc) is 2.38. The zero-order chi connectivity index (χ0) is 14.8. The number of esters is 2. The summed E-state index contributed by atoms with van der Waals surface area (Å²) in [5, 5.41) is 9.88. The quantitative estimate of drug-likeness (QED) is 0.800. The molecule has 0 bridgehead atoms. The van der Waals surface area contributed by atoms with E-state index in [2.05, 4.69) is 0 Å². The Bertz CT molecular complexity index is 380. The largest absolute Gasteiger partial charge is 0.466 e. The number of carbonyl (C=O) groups excluding carboxylic acids is 2. The third kappa shape index (κ3) is 2.97. The van der Waals surface area contributed by atoms with Crippen LogP contribution in [0.1, 0.15) is 52.4 Å². The number of rotatable bonds is 3. The number of hydrogen-bond acceptors (Lipinski definition) is 5. The van der Waals surface area contributed by atoms with Crippen molar-refractivity contribution in [3.63, 3.8) is 0 Å². The summed E-state index contributed by atoms with van der Waals surface area (Å²) in [6.07, 6.45) is 3.44. The van der Waals surface area contributed by atoms with Gasteiger partial charge in [0.25, 0.3) is 0 Å². The Hall–Kier alpha value is -1.10. The maximum absolute atomic E-state index is 12.4. The van der Waals surface area contributed by atoms with Gasteiger partial charge in [0.1, 0.15) is 6.10 Å². The van der Waals surface area contributed by atoms with E-state index in [1.165, 1.54) is 6.92 Å². The third-order valence-corrected chi connectivity index (χ3v) is 4.74.